The molecule has 0 bridgehead atoms. The van der Waals surface area contributed by atoms with Gasteiger partial charge in [0.05, 0.1) is 12.7 Å². The van der Waals surface area contributed by atoms with Crippen molar-refractivity contribution in [3.63, 3.8) is 0 Å². The molecule has 0 radical (unpaired) electrons. The van der Waals surface area contributed by atoms with E-state index in [1.807, 2.05) is 0 Å². The molecular formula is C12H22O10. The predicted molar refractivity (Wildman–Crippen MR) is 67.0 cm³/mol. The minimum Gasteiger partial charge on any atom is -0.394 e. The van der Waals surface area contributed by atoms with Gasteiger partial charge in [0.25, 0.3) is 0 Å². The molecule has 130 valence electrons. The van der Waals surface area contributed by atoms with Crippen molar-refractivity contribution in [2.24, 2.45) is 0 Å². The van der Waals surface area contributed by atoms with Crippen molar-refractivity contribution >= 4 is 0 Å². The quantitative estimate of drug-likeness (QED) is 0.253. The Morgan fingerprint density at radius 3 is 2.09 bits per heavy atom. The summed E-state index contributed by atoms with van der Waals surface area (Å²) in [5, 5.41) is 67.9. The Morgan fingerprint density at radius 1 is 0.955 bits per heavy atom. The van der Waals surface area contributed by atoms with Crippen LogP contribution in [0.4, 0.5) is 0 Å². The predicted octanol–water partition coefficient (Wildman–Crippen LogP) is -4.02. The molecule has 10 nitrogen and oxygen atoms in total. The van der Waals surface area contributed by atoms with Crippen LogP contribution >= 0.6 is 0 Å². The molecule has 2 aliphatic rings. The zero-order valence-electron chi connectivity index (χ0n) is 11.9. The number of aliphatic hydroxyl groups excluding tert-OH is 6. The normalized spacial score (nSPS) is 52.9. The third kappa shape index (κ3) is 2.99. The molecule has 2 saturated heterocycles. The Balaban J connectivity index is 2.12. The molecule has 2 fully saturated rings. The maximum Gasteiger partial charge on any atom is 0.313 e. The fraction of sp³-hybridized carbons (Fsp3) is 1.00. The SMILES string of the molecule is CC[C@H]1O[C@@](O)(OC2O[C@H](CO)C(O)[C@H](O)[C@H]2O)[C@@H](O)[C@@H]1O. The minimum absolute atomic E-state index is 0.276. The summed E-state index contributed by atoms with van der Waals surface area (Å²) >= 11 is 0. The topological polar surface area (TPSA) is 169 Å². The highest BCUT2D eigenvalue weighted by molar-refractivity contribution is 4.93. The molecule has 0 aliphatic carbocycles. The second kappa shape index (κ2) is 6.61. The van der Waals surface area contributed by atoms with Crippen LogP contribution in [0.1, 0.15) is 13.3 Å². The fourth-order valence-electron chi connectivity index (χ4n) is 2.53. The van der Waals surface area contributed by atoms with Gasteiger partial charge in [-0.1, -0.05) is 6.92 Å². The van der Waals surface area contributed by atoms with Gasteiger partial charge >= 0.3 is 5.97 Å². The van der Waals surface area contributed by atoms with Gasteiger partial charge in [-0.2, -0.15) is 0 Å². The molecule has 9 atom stereocenters. The highest BCUT2D eigenvalue weighted by atomic mass is 16.9. The van der Waals surface area contributed by atoms with Crippen LogP contribution in [0.3, 0.4) is 0 Å². The molecule has 0 saturated carbocycles. The lowest BCUT2D eigenvalue weighted by Gasteiger charge is -2.42. The van der Waals surface area contributed by atoms with Gasteiger partial charge in [-0.25, -0.2) is 0 Å². The van der Waals surface area contributed by atoms with Crippen molar-refractivity contribution in [1.29, 1.82) is 0 Å². The van der Waals surface area contributed by atoms with E-state index < -0.39 is 61.6 Å². The summed E-state index contributed by atoms with van der Waals surface area (Å²) in [4.78, 5) is 0. The van der Waals surface area contributed by atoms with E-state index in [-0.39, 0.29) is 6.42 Å². The second-order valence-corrected chi connectivity index (χ2v) is 5.45. The smallest absolute Gasteiger partial charge is 0.313 e. The monoisotopic (exact) mass is 326 g/mol. The van der Waals surface area contributed by atoms with Crippen molar-refractivity contribution in [3.05, 3.63) is 0 Å². The van der Waals surface area contributed by atoms with Crippen LogP contribution in [-0.2, 0) is 14.2 Å². The summed E-state index contributed by atoms with van der Waals surface area (Å²) in [5.41, 5.74) is 0. The van der Waals surface area contributed by atoms with Gasteiger partial charge in [-0.15, -0.1) is 0 Å². The van der Waals surface area contributed by atoms with E-state index in [1.165, 1.54) is 0 Å². The van der Waals surface area contributed by atoms with Gasteiger partial charge in [0.1, 0.15) is 30.5 Å². The first-order valence-electron chi connectivity index (χ1n) is 6.99. The molecule has 0 amide bonds. The standard InChI is InChI=1S/C12H22O10/c1-2-4-7(15)10(18)12(19,21-4)22-11-9(17)8(16)6(14)5(3-13)20-11/h4-11,13-19H,2-3H2,1H3/t4-,5-,6?,7-,8+,9-,10+,11?,12-/m1/s1. The number of hydrogen-bond donors (Lipinski definition) is 7. The fourth-order valence-corrected chi connectivity index (χ4v) is 2.53. The van der Waals surface area contributed by atoms with Crippen molar-refractivity contribution < 1.29 is 50.0 Å². The molecule has 2 rings (SSSR count). The van der Waals surface area contributed by atoms with Crippen LogP contribution in [0.2, 0.25) is 0 Å². The molecule has 2 aliphatic heterocycles. The molecule has 7 N–H and O–H groups in total. The first kappa shape index (κ1) is 17.9. The average molecular weight is 326 g/mol. The van der Waals surface area contributed by atoms with E-state index in [0.29, 0.717) is 0 Å². The Morgan fingerprint density at radius 2 is 1.59 bits per heavy atom. The van der Waals surface area contributed by atoms with Crippen molar-refractivity contribution in [2.75, 3.05) is 6.61 Å². The molecule has 0 aromatic rings. The van der Waals surface area contributed by atoms with E-state index >= 15 is 0 Å². The molecule has 0 aromatic heterocycles. The summed E-state index contributed by atoms with van der Waals surface area (Å²) < 4.78 is 15.1. The van der Waals surface area contributed by atoms with Crippen LogP contribution in [0.15, 0.2) is 0 Å². The van der Waals surface area contributed by atoms with Gasteiger partial charge in [-0.3, -0.25) is 4.74 Å². The number of rotatable bonds is 4. The lowest BCUT2D eigenvalue weighted by Crippen LogP contribution is -2.62. The molecule has 10 heteroatoms. The third-order valence-electron chi connectivity index (χ3n) is 3.93. The van der Waals surface area contributed by atoms with Gasteiger partial charge in [0.2, 0.25) is 0 Å². The van der Waals surface area contributed by atoms with Crippen molar-refractivity contribution in [2.45, 2.75) is 68.3 Å². The van der Waals surface area contributed by atoms with E-state index in [9.17, 15) is 30.6 Å². The molecule has 0 aromatic carbocycles. The third-order valence-corrected chi connectivity index (χ3v) is 3.93. The van der Waals surface area contributed by atoms with Crippen LogP contribution in [-0.4, -0.2) is 97.3 Å². The van der Waals surface area contributed by atoms with Crippen LogP contribution < -0.4 is 0 Å². The Labute approximate surface area is 126 Å². The molecule has 2 heterocycles. The number of hydrogen-bond acceptors (Lipinski definition) is 10. The average Bonchev–Trinajstić information content (AvgIpc) is 2.72. The van der Waals surface area contributed by atoms with Gasteiger partial charge in [-0.05, 0) is 6.42 Å². The zero-order valence-corrected chi connectivity index (χ0v) is 11.9. The lowest BCUT2D eigenvalue weighted by molar-refractivity contribution is -0.442. The molecular weight excluding hydrogens is 304 g/mol. The van der Waals surface area contributed by atoms with E-state index in [2.05, 4.69) is 0 Å². The first-order chi connectivity index (χ1) is 10.2. The van der Waals surface area contributed by atoms with Gasteiger partial charge < -0.3 is 45.2 Å². The summed E-state index contributed by atoms with van der Waals surface area (Å²) in [6.07, 6.45) is -11.9. The molecule has 0 spiro atoms. The van der Waals surface area contributed by atoms with E-state index in [1.54, 1.807) is 6.92 Å². The minimum atomic E-state index is -2.66. The van der Waals surface area contributed by atoms with Gasteiger partial charge in [0, 0.05) is 0 Å². The maximum atomic E-state index is 10.2. The molecule has 2 unspecified atom stereocenters. The van der Waals surface area contributed by atoms with E-state index in [4.69, 9.17) is 19.3 Å². The Kier molecular flexibility index (Phi) is 5.39. The first-order valence-corrected chi connectivity index (χ1v) is 6.99. The van der Waals surface area contributed by atoms with Crippen LogP contribution in [0.25, 0.3) is 0 Å². The summed E-state index contributed by atoms with van der Waals surface area (Å²) in [5.74, 6) is -2.66. The summed E-state index contributed by atoms with van der Waals surface area (Å²) in [6.45, 7) is 0.979. The van der Waals surface area contributed by atoms with Crippen molar-refractivity contribution in [3.8, 4) is 0 Å². The van der Waals surface area contributed by atoms with Crippen molar-refractivity contribution in [1.82, 2.24) is 0 Å². The summed E-state index contributed by atoms with van der Waals surface area (Å²) in [6, 6.07) is 0. The zero-order chi connectivity index (χ0) is 16.7. The van der Waals surface area contributed by atoms with Crippen LogP contribution in [0, 0.1) is 0 Å². The highest BCUT2D eigenvalue weighted by Crippen LogP contribution is 2.35. The number of aliphatic hydroxyl groups is 7. The van der Waals surface area contributed by atoms with Crippen LogP contribution in [0.5, 0.6) is 0 Å². The largest absolute Gasteiger partial charge is 0.394 e. The van der Waals surface area contributed by atoms with E-state index in [0.717, 1.165) is 0 Å². The highest BCUT2D eigenvalue weighted by Gasteiger charge is 2.57. The molecule has 22 heavy (non-hydrogen) atoms. The second-order valence-electron chi connectivity index (χ2n) is 5.45. The maximum absolute atomic E-state index is 10.2. The van der Waals surface area contributed by atoms with Gasteiger partial charge in [0.15, 0.2) is 12.4 Å². The Bertz CT molecular complexity index is 379. The number of ether oxygens (including phenoxy) is 3. The Hall–Kier alpha value is -0.400. The summed E-state index contributed by atoms with van der Waals surface area (Å²) in [7, 11) is 0. The lowest BCUT2D eigenvalue weighted by atomic mass is 9.99.